The molecule has 2 aliphatic rings. The molecule has 3 aromatic rings. The molecule has 0 radical (unpaired) electrons. The lowest BCUT2D eigenvalue weighted by molar-refractivity contribution is 0.0600. The van der Waals surface area contributed by atoms with Gasteiger partial charge in [-0.25, -0.2) is 9.69 Å². The third-order valence-electron chi connectivity index (χ3n) is 6.29. The number of ether oxygens (including phenoxy) is 1. The lowest BCUT2D eigenvalue weighted by Crippen LogP contribution is -2.29. The van der Waals surface area contributed by atoms with Gasteiger partial charge in [-0.1, -0.05) is 25.1 Å². The highest BCUT2D eigenvalue weighted by molar-refractivity contribution is 7.17. The number of anilines is 2. The number of esters is 1. The van der Waals surface area contributed by atoms with E-state index in [0.29, 0.717) is 33.3 Å². The topological polar surface area (TPSA) is 92.8 Å². The second-order valence-electron chi connectivity index (χ2n) is 8.54. The molecule has 8 heteroatoms. The number of fused-ring (bicyclic) bond motifs is 2. The van der Waals surface area contributed by atoms with Crippen LogP contribution in [0.25, 0.3) is 0 Å². The average Bonchev–Trinajstić information content (AvgIpc) is 3.32. The Labute approximate surface area is 200 Å². The largest absolute Gasteiger partial charge is 0.465 e. The number of hydrogen-bond acceptors (Lipinski definition) is 6. The Morgan fingerprint density at radius 2 is 1.76 bits per heavy atom. The molecule has 172 valence electrons. The van der Waals surface area contributed by atoms with Crippen molar-refractivity contribution in [2.75, 3.05) is 17.3 Å². The van der Waals surface area contributed by atoms with Crippen LogP contribution in [0.1, 0.15) is 65.2 Å². The summed E-state index contributed by atoms with van der Waals surface area (Å²) in [5.41, 5.74) is 2.62. The molecule has 1 aliphatic carbocycles. The third kappa shape index (κ3) is 3.60. The molecule has 0 saturated heterocycles. The number of methoxy groups -OCH3 is 1. The van der Waals surface area contributed by atoms with Gasteiger partial charge >= 0.3 is 5.97 Å². The van der Waals surface area contributed by atoms with Crippen molar-refractivity contribution in [3.05, 3.63) is 81.2 Å². The van der Waals surface area contributed by atoms with Gasteiger partial charge < -0.3 is 10.1 Å². The molecule has 2 aromatic carbocycles. The molecule has 0 saturated carbocycles. The fraction of sp³-hybridized carbons (Fsp3) is 0.231. The van der Waals surface area contributed by atoms with Crippen LogP contribution in [0, 0.1) is 5.92 Å². The number of hydrogen-bond donors (Lipinski definition) is 1. The first-order valence-electron chi connectivity index (χ1n) is 11.0. The van der Waals surface area contributed by atoms with Crippen LogP contribution < -0.4 is 10.2 Å². The summed E-state index contributed by atoms with van der Waals surface area (Å²) in [5, 5.41) is 3.32. The van der Waals surface area contributed by atoms with Gasteiger partial charge in [0.15, 0.2) is 0 Å². The second kappa shape index (κ2) is 8.53. The summed E-state index contributed by atoms with van der Waals surface area (Å²) in [6.45, 7) is 2.17. The van der Waals surface area contributed by atoms with Crippen LogP contribution in [-0.2, 0) is 17.6 Å². The monoisotopic (exact) mass is 474 g/mol. The Morgan fingerprint density at radius 1 is 1.06 bits per heavy atom. The standard InChI is InChI=1S/C26H22N2O5S/c1-14-10-11-19-20(12-14)34-23(21(19)26(32)33-2)27-22(29)15-6-5-7-16(13-15)28-24(30)17-8-3-4-9-18(17)25(28)31/h3-9,13-14H,10-12H2,1-2H3,(H,27,29). The molecule has 1 atom stereocenters. The molecule has 0 fully saturated rings. The van der Waals surface area contributed by atoms with Crippen molar-refractivity contribution in [1.29, 1.82) is 0 Å². The molecule has 1 unspecified atom stereocenters. The highest BCUT2D eigenvalue weighted by atomic mass is 32.1. The van der Waals surface area contributed by atoms with Crippen LogP contribution in [-0.4, -0.2) is 30.8 Å². The number of amides is 3. The summed E-state index contributed by atoms with van der Waals surface area (Å²) in [6.07, 6.45) is 2.60. The van der Waals surface area contributed by atoms with Crippen molar-refractivity contribution >= 4 is 45.7 Å². The lowest BCUT2D eigenvalue weighted by atomic mass is 9.88. The maximum absolute atomic E-state index is 13.2. The zero-order valence-corrected chi connectivity index (χ0v) is 19.5. The molecule has 0 bridgehead atoms. The fourth-order valence-electron chi connectivity index (χ4n) is 4.54. The summed E-state index contributed by atoms with van der Waals surface area (Å²) in [5.74, 6) is -1.24. The Bertz CT molecular complexity index is 1320. The van der Waals surface area contributed by atoms with Crippen LogP contribution in [0.15, 0.2) is 48.5 Å². The number of nitrogens with one attached hydrogen (secondary N) is 1. The van der Waals surface area contributed by atoms with Crippen LogP contribution in [0.5, 0.6) is 0 Å². The molecule has 7 nitrogen and oxygen atoms in total. The molecule has 34 heavy (non-hydrogen) atoms. The van der Waals surface area contributed by atoms with E-state index in [1.54, 1.807) is 42.5 Å². The van der Waals surface area contributed by atoms with Crippen molar-refractivity contribution in [2.45, 2.75) is 26.2 Å². The van der Waals surface area contributed by atoms with Gasteiger partial charge in [0.2, 0.25) is 0 Å². The second-order valence-corrected chi connectivity index (χ2v) is 9.65. The summed E-state index contributed by atoms with van der Waals surface area (Å²) in [7, 11) is 1.33. The quantitative estimate of drug-likeness (QED) is 0.437. The normalized spacial score (nSPS) is 16.8. The minimum absolute atomic E-state index is 0.268. The van der Waals surface area contributed by atoms with Crippen molar-refractivity contribution in [2.24, 2.45) is 5.92 Å². The SMILES string of the molecule is COC(=O)c1c(NC(=O)c2cccc(N3C(=O)c4ccccc4C3=O)c2)sc2c1CCC(C)C2. The van der Waals surface area contributed by atoms with E-state index in [1.165, 1.54) is 24.5 Å². The van der Waals surface area contributed by atoms with Crippen molar-refractivity contribution in [1.82, 2.24) is 0 Å². The minimum atomic E-state index is -0.470. The van der Waals surface area contributed by atoms with Gasteiger partial charge in [0, 0.05) is 10.4 Å². The number of carbonyl (C=O) groups is 4. The summed E-state index contributed by atoms with van der Waals surface area (Å²) in [4.78, 5) is 53.5. The molecule has 5 rings (SSSR count). The van der Waals surface area contributed by atoms with Gasteiger partial charge in [-0.3, -0.25) is 14.4 Å². The fourth-order valence-corrected chi connectivity index (χ4v) is 5.94. The minimum Gasteiger partial charge on any atom is -0.465 e. The first-order chi connectivity index (χ1) is 16.4. The van der Waals surface area contributed by atoms with E-state index in [0.717, 1.165) is 34.6 Å². The van der Waals surface area contributed by atoms with Gasteiger partial charge in [0.1, 0.15) is 5.00 Å². The predicted octanol–water partition coefficient (Wildman–Crippen LogP) is 4.71. The zero-order valence-electron chi connectivity index (χ0n) is 18.7. The Kier molecular flexibility index (Phi) is 5.53. The number of rotatable bonds is 4. The van der Waals surface area contributed by atoms with E-state index in [1.807, 2.05) is 0 Å². The highest BCUT2D eigenvalue weighted by Gasteiger charge is 2.36. The zero-order chi connectivity index (χ0) is 24.0. The first-order valence-corrected chi connectivity index (χ1v) is 11.8. The molecule has 1 aromatic heterocycles. The van der Waals surface area contributed by atoms with Gasteiger partial charge in [0.05, 0.1) is 29.5 Å². The van der Waals surface area contributed by atoms with E-state index in [2.05, 4.69) is 12.2 Å². The predicted molar refractivity (Wildman–Crippen MR) is 129 cm³/mol. The van der Waals surface area contributed by atoms with Crippen LogP contribution >= 0.6 is 11.3 Å². The molecule has 0 spiro atoms. The Hall–Kier alpha value is -3.78. The van der Waals surface area contributed by atoms with Gasteiger partial charge in [-0.05, 0) is 61.1 Å². The van der Waals surface area contributed by atoms with Crippen LogP contribution in [0.2, 0.25) is 0 Å². The number of benzene rings is 2. The van der Waals surface area contributed by atoms with Gasteiger partial charge in [-0.15, -0.1) is 11.3 Å². The maximum atomic E-state index is 13.2. The van der Waals surface area contributed by atoms with E-state index >= 15 is 0 Å². The molecular weight excluding hydrogens is 452 g/mol. The smallest absolute Gasteiger partial charge is 0.341 e. The van der Waals surface area contributed by atoms with Crippen LogP contribution in [0.3, 0.4) is 0 Å². The molecule has 2 heterocycles. The van der Waals surface area contributed by atoms with Crippen molar-refractivity contribution < 1.29 is 23.9 Å². The summed E-state index contributed by atoms with van der Waals surface area (Å²) < 4.78 is 4.99. The van der Waals surface area contributed by atoms with Gasteiger partial charge in [-0.2, -0.15) is 0 Å². The highest BCUT2D eigenvalue weighted by Crippen LogP contribution is 2.40. The number of nitrogens with zero attached hydrogens (tertiary/aromatic N) is 1. The van der Waals surface area contributed by atoms with Crippen LogP contribution in [0.4, 0.5) is 10.7 Å². The maximum Gasteiger partial charge on any atom is 0.341 e. The van der Waals surface area contributed by atoms with E-state index in [-0.39, 0.29) is 5.56 Å². The van der Waals surface area contributed by atoms with Gasteiger partial charge in [0.25, 0.3) is 17.7 Å². The molecular formula is C26H22N2O5S. The molecule has 3 amide bonds. The summed E-state index contributed by atoms with van der Waals surface area (Å²) >= 11 is 1.40. The average molecular weight is 475 g/mol. The van der Waals surface area contributed by atoms with E-state index in [4.69, 9.17) is 4.74 Å². The number of thiophene rings is 1. The molecule has 1 aliphatic heterocycles. The van der Waals surface area contributed by atoms with Crippen molar-refractivity contribution in [3.63, 3.8) is 0 Å². The molecule has 1 N–H and O–H groups in total. The van der Waals surface area contributed by atoms with E-state index < -0.39 is 23.7 Å². The number of carbonyl (C=O) groups excluding carboxylic acids is 4. The third-order valence-corrected chi connectivity index (χ3v) is 7.46. The van der Waals surface area contributed by atoms with Crippen molar-refractivity contribution in [3.8, 4) is 0 Å². The Morgan fingerprint density at radius 3 is 2.44 bits per heavy atom. The Balaban J connectivity index is 1.45. The lowest BCUT2D eigenvalue weighted by Gasteiger charge is -2.18. The first kappa shape index (κ1) is 22.0. The summed E-state index contributed by atoms with van der Waals surface area (Å²) in [6, 6.07) is 13.0. The number of imide groups is 1. The van der Waals surface area contributed by atoms with E-state index in [9.17, 15) is 19.2 Å².